The van der Waals surface area contributed by atoms with Gasteiger partial charge in [-0.15, -0.1) is 0 Å². The van der Waals surface area contributed by atoms with Crippen LogP contribution >= 0.6 is 11.6 Å². The van der Waals surface area contributed by atoms with Gasteiger partial charge in [0.25, 0.3) is 5.91 Å². The summed E-state index contributed by atoms with van der Waals surface area (Å²) in [6.45, 7) is 2.71. The molecule has 256 valence electrons. The zero-order chi connectivity index (χ0) is 34.4. The van der Waals surface area contributed by atoms with Crippen molar-refractivity contribution in [3.8, 4) is 29.1 Å². The third-order valence-electron chi connectivity index (χ3n) is 9.99. The van der Waals surface area contributed by atoms with Crippen molar-refractivity contribution in [2.45, 2.75) is 43.4 Å². The maximum Gasteiger partial charge on any atom is 0.319 e. The molecular weight excluding hydrogens is 655 g/mol. The van der Waals surface area contributed by atoms with Gasteiger partial charge in [-0.3, -0.25) is 19.6 Å². The molecule has 0 radical (unpaired) electrons. The summed E-state index contributed by atoms with van der Waals surface area (Å²) in [7, 11) is 5.61. The molecule has 9 nitrogen and oxygen atoms in total. The zero-order valence-electron chi connectivity index (χ0n) is 27.6. The highest BCUT2D eigenvalue weighted by atomic mass is 35.5. The van der Waals surface area contributed by atoms with Crippen LogP contribution in [-0.4, -0.2) is 114 Å². The smallest absolute Gasteiger partial charge is 0.319 e. The Morgan fingerprint density at radius 1 is 1.14 bits per heavy atom. The Labute approximate surface area is 288 Å². The van der Waals surface area contributed by atoms with Gasteiger partial charge < -0.3 is 14.5 Å². The number of carbonyl (C=O) groups is 1. The number of likely N-dealkylation sites (N-methyl/N-ethyl adjacent to an activating group) is 1. The van der Waals surface area contributed by atoms with Crippen LogP contribution in [0.4, 0.5) is 19.0 Å². The van der Waals surface area contributed by atoms with Crippen molar-refractivity contribution in [3.63, 3.8) is 0 Å². The minimum absolute atomic E-state index is 0.0302. The van der Waals surface area contributed by atoms with E-state index in [2.05, 4.69) is 26.7 Å². The molecule has 0 aliphatic carbocycles. The Hall–Kier alpha value is -4.18. The molecule has 3 aliphatic rings. The highest BCUT2D eigenvalue weighted by Gasteiger charge is 2.49. The van der Waals surface area contributed by atoms with Gasteiger partial charge in [-0.05, 0) is 57.3 Å². The number of ether oxygens (including phenoxy) is 1. The number of pyridine rings is 1. The fraction of sp³-hybridized carbons (Fsp3) is 0.444. The van der Waals surface area contributed by atoms with Crippen LogP contribution in [0.15, 0.2) is 36.5 Å². The number of benzene rings is 2. The molecule has 7 rings (SSSR count). The molecule has 49 heavy (non-hydrogen) atoms. The fourth-order valence-electron chi connectivity index (χ4n) is 7.47. The fourth-order valence-corrected chi connectivity index (χ4v) is 7.74. The van der Waals surface area contributed by atoms with Crippen molar-refractivity contribution in [3.05, 3.63) is 53.2 Å². The number of anilines is 1. The van der Waals surface area contributed by atoms with Crippen LogP contribution in [0.3, 0.4) is 0 Å². The molecule has 4 aromatic rings. The highest BCUT2D eigenvalue weighted by molar-refractivity contribution is 6.36. The maximum absolute atomic E-state index is 16.8. The van der Waals surface area contributed by atoms with E-state index in [9.17, 15) is 13.6 Å². The van der Waals surface area contributed by atoms with Crippen molar-refractivity contribution in [1.29, 1.82) is 0 Å². The molecule has 0 saturated carbocycles. The lowest BCUT2D eigenvalue weighted by Gasteiger charge is -2.31. The molecule has 3 fully saturated rings. The van der Waals surface area contributed by atoms with Crippen molar-refractivity contribution in [2.24, 2.45) is 0 Å². The van der Waals surface area contributed by atoms with Crippen molar-refractivity contribution in [1.82, 2.24) is 29.7 Å². The van der Waals surface area contributed by atoms with Gasteiger partial charge >= 0.3 is 6.01 Å². The van der Waals surface area contributed by atoms with Gasteiger partial charge in [0.1, 0.15) is 35.6 Å². The predicted molar refractivity (Wildman–Crippen MR) is 183 cm³/mol. The van der Waals surface area contributed by atoms with E-state index < -0.39 is 23.3 Å². The van der Waals surface area contributed by atoms with Gasteiger partial charge in [0, 0.05) is 56.3 Å². The topological polar surface area (TPSA) is 77.9 Å². The lowest BCUT2D eigenvalue weighted by molar-refractivity contribution is -0.124. The molecular formula is C36H37ClF3N7O2. The molecule has 0 bridgehead atoms. The van der Waals surface area contributed by atoms with Crippen LogP contribution in [0.5, 0.6) is 6.01 Å². The average Bonchev–Trinajstić information content (AvgIpc) is 3.80. The zero-order valence-corrected chi connectivity index (χ0v) is 28.4. The highest BCUT2D eigenvalue weighted by Crippen LogP contribution is 2.41. The van der Waals surface area contributed by atoms with Crippen LogP contribution in [0.2, 0.25) is 5.02 Å². The van der Waals surface area contributed by atoms with Gasteiger partial charge in [-0.25, -0.2) is 13.2 Å². The quantitative estimate of drug-likeness (QED) is 0.241. The van der Waals surface area contributed by atoms with Crippen molar-refractivity contribution < 1.29 is 22.7 Å². The lowest BCUT2D eigenvalue weighted by atomic mass is 9.95. The van der Waals surface area contributed by atoms with E-state index >= 15 is 4.39 Å². The van der Waals surface area contributed by atoms with E-state index in [1.54, 1.807) is 29.2 Å². The van der Waals surface area contributed by atoms with E-state index in [0.29, 0.717) is 66.6 Å². The molecule has 2 aromatic heterocycles. The number of alkyl halides is 1. The van der Waals surface area contributed by atoms with E-state index in [-0.39, 0.29) is 40.8 Å². The second-order valence-electron chi connectivity index (χ2n) is 13.5. The summed E-state index contributed by atoms with van der Waals surface area (Å²) >= 11 is 6.40. The van der Waals surface area contributed by atoms with Gasteiger partial charge in [0.05, 0.1) is 22.5 Å². The molecule has 5 heterocycles. The summed E-state index contributed by atoms with van der Waals surface area (Å²) in [4.78, 5) is 34.3. The summed E-state index contributed by atoms with van der Waals surface area (Å²) in [6.07, 6.45) is 3.30. The maximum atomic E-state index is 16.8. The van der Waals surface area contributed by atoms with E-state index in [1.165, 1.54) is 12.3 Å². The summed E-state index contributed by atoms with van der Waals surface area (Å²) in [5.41, 5.74) is -0.222. The van der Waals surface area contributed by atoms with E-state index in [1.807, 2.05) is 30.9 Å². The Morgan fingerprint density at radius 3 is 2.80 bits per heavy atom. The van der Waals surface area contributed by atoms with Gasteiger partial charge in [0.15, 0.2) is 5.82 Å². The first-order chi connectivity index (χ1) is 23.5. The van der Waals surface area contributed by atoms with Crippen molar-refractivity contribution in [2.75, 3.05) is 65.4 Å². The number of carbonyl (C=O) groups excluding carboxylic acids is 1. The third kappa shape index (κ3) is 6.24. The first-order valence-corrected chi connectivity index (χ1v) is 16.8. The number of rotatable bonds is 7. The predicted octanol–water partition coefficient (Wildman–Crippen LogP) is 5.33. The summed E-state index contributed by atoms with van der Waals surface area (Å²) in [5, 5.41) is 1.18. The van der Waals surface area contributed by atoms with Crippen LogP contribution < -0.4 is 9.64 Å². The minimum Gasteiger partial charge on any atom is -0.461 e. The number of likely N-dealkylation sites (tertiary alicyclic amines) is 1. The second-order valence-corrected chi connectivity index (χ2v) is 13.9. The summed E-state index contributed by atoms with van der Waals surface area (Å²) in [6, 6.07) is 7.80. The molecule has 0 unspecified atom stereocenters. The summed E-state index contributed by atoms with van der Waals surface area (Å²) < 4.78 is 52.1. The number of hydrogen-bond donors (Lipinski definition) is 0. The van der Waals surface area contributed by atoms with E-state index in [4.69, 9.17) is 21.3 Å². The molecule has 3 atom stereocenters. The van der Waals surface area contributed by atoms with Crippen molar-refractivity contribution >= 4 is 45.0 Å². The standard InChI is InChI=1S/C36H37ClF3N7O2/c1-44(2)14-5-9-28(48)46-16-12-24(20-46)45(3)34-26-18-41-32(25-8-4-7-22-10-11-27(39)30(37)29(22)25)31(40)33(26)42-35(43-34)49-21-36-13-6-15-47(36)19-23(38)17-36/h4,7-8,10-11,18,23-24H,6,12-17,19-21H2,1-3H3/t23-,24-,36+/m1/s1. The van der Waals surface area contributed by atoms with Gasteiger partial charge in [-0.2, -0.15) is 9.97 Å². The first kappa shape index (κ1) is 33.3. The molecule has 2 aromatic carbocycles. The lowest BCUT2D eigenvalue weighted by Crippen LogP contribution is -2.43. The van der Waals surface area contributed by atoms with Gasteiger partial charge in [-0.1, -0.05) is 41.8 Å². The van der Waals surface area contributed by atoms with Gasteiger partial charge in [0.2, 0.25) is 0 Å². The largest absolute Gasteiger partial charge is 0.461 e. The van der Waals surface area contributed by atoms with E-state index in [0.717, 1.165) is 19.4 Å². The summed E-state index contributed by atoms with van der Waals surface area (Å²) in [5.74, 6) is 4.38. The molecule has 0 spiro atoms. The SMILES string of the molecule is CN(C)CC#CC(=O)N1CC[C@@H](N(C)c2nc(OC[C@@]34CCCN3C[C@H](F)C4)nc3c(F)c(-c4cccc5ccc(F)c(Cl)c45)ncc23)C1. The Balaban J connectivity index is 1.28. The molecule has 13 heteroatoms. The number of amides is 1. The Bertz CT molecular complexity index is 2000. The van der Waals surface area contributed by atoms with Crippen LogP contribution in [0, 0.1) is 23.5 Å². The third-order valence-corrected chi connectivity index (χ3v) is 10.4. The monoisotopic (exact) mass is 691 g/mol. The Morgan fingerprint density at radius 2 is 1.98 bits per heavy atom. The number of aromatic nitrogens is 3. The number of nitrogens with zero attached hydrogens (tertiary/aromatic N) is 7. The molecule has 3 aliphatic heterocycles. The number of halogens is 4. The van der Waals surface area contributed by atoms with Crippen LogP contribution in [0.1, 0.15) is 25.7 Å². The normalized spacial score (nSPS) is 22.2. The second kappa shape index (κ2) is 13.3. The number of fused-ring (bicyclic) bond motifs is 3. The minimum atomic E-state index is -0.938. The molecule has 3 saturated heterocycles. The number of hydrogen-bond acceptors (Lipinski definition) is 8. The van der Waals surface area contributed by atoms with Crippen LogP contribution in [-0.2, 0) is 4.79 Å². The molecule has 1 amide bonds. The average molecular weight is 692 g/mol. The Kier molecular flexibility index (Phi) is 9.02. The van der Waals surface area contributed by atoms with Crippen LogP contribution in [0.25, 0.3) is 32.9 Å². The first-order valence-electron chi connectivity index (χ1n) is 16.5. The molecule has 0 N–H and O–H groups in total.